The van der Waals surface area contributed by atoms with Crippen molar-refractivity contribution in [2.45, 2.75) is 51.2 Å². The molecule has 0 spiro atoms. The summed E-state index contributed by atoms with van der Waals surface area (Å²) in [6, 6.07) is 15.8. The van der Waals surface area contributed by atoms with Crippen LogP contribution in [0.1, 0.15) is 55.0 Å². The van der Waals surface area contributed by atoms with E-state index in [4.69, 9.17) is 10.5 Å². The number of fused-ring (bicyclic) bond motifs is 1. The molecule has 4 N–H and O–H groups in total. The van der Waals surface area contributed by atoms with Gasteiger partial charge in [-0.2, -0.15) is 0 Å². The number of methoxy groups -OCH3 is 1. The Hall–Kier alpha value is -3.07. The SMILES string of the molecule is COc1ccc2ncc(CN)c(C(F)CCC3(C(=O)NO)CCN(CCCc4ccccc4)CC3)c2c1. The minimum absolute atomic E-state index is 0.144. The molecule has 1 unspecified atom stereocenters. The number of hydrogen-bond donors (Lipinski definition) is 3. The highest BCUT2D eigenvalue weighted by molar-refractivity contribution is 5.85. The Morgan fingerprint density at radius 1 is 1.24 bits per heavy atom. The summed E-state index contributed by atoms with van der Waals surface area (Å²) in [6.07, 6.45) is 3.97. The summed E-state index contributed by atoms with van der Waals surface area (Å²) in [7, 11) is 1.57. The highest BCUT2D eigenvalue weighted by Crippen LogP contribution is 2.41. The lowest BCUT2D eigenvalue weighted by atomic mass is 9.73. The summed E-state index contributed by atoms with van der Waals surface area (Å²) in [4.78, 5) is 19.6. The van der Waals surface area contributed by atoms with E-state index < -0.39 is 17.5 Å². The molecule has 0 aliphatic carbocycles. The number of aromatic nitrogens is 1. The molecule has 1 amide bonds. The number of amides is 1. The van der Waals surface area contributed by atoms with Crippen molar-refractivity contribution in [2.24, 2.45) is 11.1 Å². The van der Waals surface area contributed by atoms with Crippen molar-refractivity contribution in [1.82, 2.24) is 15.4 Å². The molecule has 0 radical (unpaired) electrons. The van der Waals surface area contributed by atoms with Gasteiger partial charge < -0.3 is 15.4 Å². The molecule has 4 rings (SSSR count). The summed E-state index contributed by atoms with van der Waals surface area (Å²) in [6.45, 7) is 2.59. The van der Waals surface area contributed by atoms with Crippen LogP contribution >= 0.6 is 0 Å². The minimum Gasteiger partial charge on any atom is -0.497 e. The molecule has 1 saturated heterocycles. The van der Waals surface area contributed by atoms with Gasteiger partial charge in [0, 0.05) is 23.7 Å². The van der Waals surface area contributed by atoms with E-state index in [0.29, 0.717) is 47.0 Å². The molecular formula is C29H37FN4O3. The molecule has 0 bridgehead atoms. The number of nitrogens with two attached hydrogens (primary N) is 1. The number of pyridine rings is 1. The number of hydrogen-bond acceptors (Lipinski definition) is 6. The summed E-state index contributed by atoms with van der Waals surface area (Å²) < 4.78 is 21.3. The van der Waals surface area contributed by atoms with E-state index in [2.05, 4.69) is 34.1 Å². The van der Waals surface area contributed by atoms with E-state index in [9.17, 15) is 10.0 Å². The lowest BCUT2D eigenvalue weighted by Gasteiger charge is -2.40. The molecule has 2 heterocycles. The van der Waals surface area contributed by atoms with Crippen molar-refractivity contribution >= 4 is 16.8 Å². The van der Waals surface area contributed by atoms with Crippen LogP contribution in [-0.2, 0) is 17.8 Å². The predicted octanol–water partition coefficient (Wildman–Crippen LogP) is 4.71. The number of ether oxygens (including phenoxy) is 1. The van der Waals surface area contributed by atoms with E-state index in [1.807, 2.05) is 11.5 Å². The predicted molar refractivity (Wildman–Crippen MR) is 142 cm³/mol. The summed E-state index contributed by atoms with van der Waals surface area (Å²) >= 11 is 0. The molecule has 37 heavy (non-hydrogen) atoms. The quantitative estimate of drug-likeness (QED) is 0.256. The lowest BCUT2D eigenvalue weighted by molar-refractivity contribution is -0.143. The maximum Gasteiger partial charge on any atom is 0.249 e. The van der Waals surface area contributed by atoms with E-state index >= 15 is 4.39 Å². The first-order chi connectivity index (χ1) is 18.0. The van der Waals surface area contributed by atoms with Gasteiger partial charge in [-0.3, -0.25) is 15.0 Å². The number of halogens is 1. The largest absolute Gasteiger partial charge is 0.497 e. The standard InChI is InChI=1S/C29H37FN4O3/c1-37-23-9-10-26-24(18-23)27(22(19-31)20-32-26)25(30)11-12-29(28(35)33-36)13-16-34(17-14-29)15-5-8-21-6-3-2-4-7-21/h2-4,6-7,9-10,18,20,25,36H,5,8,11-17,19,31H2,1H3,(H,33,35). The maximum atomic E-state index is 15.9. The number of rotatable bonds is 11. The molecule has 0 saturated carbocycles. The molecule has 1 aromatic heterocycles. The molecule has 198 valence electrons. The second-order valence-corrected chi connectivity index (χ2v) is 9.94. The van der Waals surface area contributed by atoms with E-state index in [-0.39, 0.29) is 13.0 Å². The molecule has 1 fully saturated rings. The lowest BCUT2D eigenvalue weighted by Crippen LogP contribution is -2.48. The summed E-state index contributed by atoms with van der Waals surface area (Å²) in [5, 5.41) is 10.2. The highest BCUT2D eigenvalue weighted by Gasteiger charge is 2.41. The zero-order chi connectivity index (χ0) is 26.3. The van der Waals surface area contributed by atoms with Gasteiger partial charge in [-0.15, -0.1) is 0 Å². The second-order valence-electron chi connectivity index (χ2n) is 9.94. The Morgan fingerprint density at radius 3 is 2.68 bits per heavy atom. The van der Waals surface area contributed by atoms with E-state index in [1.165, 1.54) is 5.56 Å². The van der Waals surface area contributed by atoms with Crippen molar-refractivity contribution in [2.75, 3.05) is 26.7 Å². The van der Waals surface area contributed by atoms with Crippen LogP contribution in [-0.4, -0.2) is 47.7 Å². The first-order valence-corrected chi connectivity index (χ1v) is 13.0. The monoisotopic (exact) mass is 508 g/mol. The normalized spacial score (nSPS) is 16.4. The average molecular weight is 509 g/mol. The van der Waals surface area contributed by atoms with Gasteiger partial charge in [0.2, 0.25) is 5.91 Å². The van der Waals surface area contributed by atoms with Gasteiger partial charge in [0.1, 0.15) is 11.9 Å². The van der Waals surface area contributed by atoms with E-state index in [0.717, 1.165) is 32.5 Å². The second kappa shape index (κ2) is 12.4. The third kappa shape index (κ3) is 6.26. The van der Waals surface area contributed by atoms with Crippen molar-refractivity contribution in [3.8, 4) is 5.75 Å². The van der Waals surface area contributed by atoms with E-state index in [1.54, 1.807) is 31.5 Å². The van der Waals surface area contributed by atoms with Gasteiger partial charge >= 0.3 is 0 Å². The number of carbonyl (C=O) groups excluding carboxylic acids is 1. The Labute approximate surface area is 217 Å². The Balaban J connectivity index is 1.43. The molecule has 3 aromatic rings. The van der Waals surface area contributed by atoms with Gasteiger partial charge in [-0.05, 0) is 87.5 Å². The number of piperidine rings is 1. The number of hydroxylamine groups is 1. The first kappa shape index (κ1) is 27.0. The van der Waals surface area contributed by atoms with Crippen LogP contribution in [0.25, 0.3) is 10.9 Å². The molecule has 2 aromatic carbocycles. The summed E-state index contributed by atoms with van der Waals surface area (Å²) in [5.74, 6) is 0.191. The van der Waals surface area contributed by atoms with Crippen LogP contribution in [0.4, 0.5) is 4.39 Å². The van der Waals surface area contributed by atoms with Gasteiger partial charge in [0.15, 0.2) is 0 Å². The number of nitrogens with one attached hydrogen (secondary N) is 1. The molecule has 8 heteroatoms. The summed E-state index contributed by atoms with van der Waals surface area (Å²) in [5.41, 5.74) is 10.1. The fourth-order valence-electron chi connectivity index (χ4n) is 5.51. The number of likely N-dealkylation sites (tertiary alicyclic amines) is 1. The zero-order valence-corrected chi connectivity index (χ0v) is 21.5. The molecular weight excluding hydrogens is 471 g/mol. The van der Waals surface area contributed by atoms with Gasteiger partial charge in [-0.1, -0.05) is 30.3 Å². The highest BCUT2D eigenvalue weighted by atomic mass is 19.1. The topological polar surface area (TPSA) is 101 Å². The van der Waals surface area contributed by atoms with Crippen molar-refractivity contribution in [3.63, 3.8) is 0 Å². The number of benzene rings is 2. The first-order valence-electron chi connectivity index (χ1n) is 13.0. The van der Waals surface area contributed by atoms with Crippen LogP contribution in [0.2, 0.25) is 0 Å². The minimum atomic E-state index is -1.33. The van der Waals surface area contributed by atoms with Crippen LogP contribution in [0.5, 0.6) is 5.75 Å². The smallest absolute Gasteiger partial charge is 0.249 e. The van der Waals surface area contributed by atoms with Crippen LogP contribution in [0.3, 0.4) is 0 Å². The van der Waals surface area contributed by atoms with Crippen LogP contribution in [0.15, 0.2) is 54.7 Å². The van der Waals surface area contributed by atoms with Gasteiger partial charge in [-0.25, -0.2) is 9.87 Å². The Bertz CT molecular complexity index is 1180. The third-order valence-corrected chi connectivity index (χ3v) is 7.79. The number of nitrogens with zero attached hydrogens (tertiary/aromatic N) is 2. The molecule has 7 nitrogen and oxygen atoms in total. The number of alkyl halides is 1. The third-order valence-electron chi connectivity index (χ3n) is 7.79. The molecule has 1 aliphatic rings. The Kier molecular flexibility index (Phi) is 9.08. The zero-order valence-electron chi connectivity index (χ0n) is 21.5. The molecule has 1 aliphatic heterocycles. The number of carbonyl (C=O) groups is 1. The number of aryl methyl sites for hydroxylation is 1. The van der Waals surface area contributed by atoms with Crippen molar-refractivity contribution < 1.29 is 19.1 Å². The van der Waals surface area contributed by atoms with Crippen molar-refractivity contribution in [1.29, 1.82) is 0 Å². The molecule has 1 atom stereocenters. The van der Waals surface area contributed by atoms with Gasteiger partial charge in [0.25, 0.3) is 0 Å². The maximum absolute atomic E-state index is 15.9. The van der Waals surface area contributed by atoms with Gasteiger partial charge in [0.05, 0.1) is 18.0 Å². The fourth-order valence-corrected chi connectivity index (χ4v) is 5.51. The van der Waals surface area contributed by atoms with Crippen molar-refractivity contribution in [3.05, 3.63) is 71.4 Å². The fraction of sp³-hybridized carbons (Fsp3) is 0.448. The van der Waals surface area contributed by atoms with Crippen LogP contribution < -0.4 is 16.0 Å². The Morgan fingerprint density at radius 2 is 2.00 bits per heavy atom. The van der Waals surface area contributed by atoms with Crippen LogP contribution in [0, 0.1) is 5.41 Å². The average Bonchev–Trinajstić information content (AvgIpc) is 2.95.